The molecule has 2 heterocycles. The van der Waals surface area contributed by atoms with Gasteiger partial charge in [-0.25, -0.2) is 5.01 Å². The average molecular weight is 485 g/mol. The maximum absolute atomic E-state index is 13.0. The van der Waals surface area contributed by atoms with Crippen LogP contribution in [0.1, 0.15) is 36.4 Å². The number of carbonyl (C=O) groups is 2. The van der Waals surface area contributed by atoms with Gasteiger partial charge in [0.25, 0.3) is 0 Å². The molecule has 174 valence electrons. The van der Waals surface area contributed by atoms with E-state index in [-0.39, 0.29) is 24.8 Å². The minimum atomic E-state index is -1.02. The summed E-state index contributed by atoms with van der Waals surface area (Å²) in [6, 6.07) is 21.0. The molecule has 4 aromatic rings. The smallest absolute Gasteiger partial charge is 0.303 e. The Labute approximate surface area is 206 Å². The lowest BCUT2D eigenvalue weighted by molar-refractivity contribution is -0.141. The standard InChI is InChI=1S/C27H21ClN4O3/c28-21-8-5-18(6-9-21)17-1-3-19(4-2-17)23-16-25(32(31-23)26(33)11-12-27(34)35)20-7-10-22-24(15-20)30-14-13-29-22/h1-10,13-15,25H,11-12,16H2,(H,34,35). The summed E-state index contributed by atoms with van der Waals surface area (Å²) in [6.45, 7) is 0. The number of carbonyl (C=O) groups excluding carboxylic acids is 1. The number of rotatable bonds is 6. The number of aliphatic carboxylic acids is 1. The van der Waals surface area contributed by atoms with E-state index in [0.717, 1.165) is 39.0 Å². The zero-order valence-electron chi connectivity index (χ0n) is 18.6. The molecule has 0 saturated carbocycles. The highest BCUT2D eigenvalue weighted by atomic mass is 35.5. The second kappa shape index (κ2) is 9.64. The molecular weight excluding hydrogens is 464 g/mol. The molecule has 0 fully saturated rings. The monoisotopic (exact) mass is 484 g/mol. The fourth-order valence-electron chi connectivity index (χ4n) is 4.19. The van der Waals surface area contributed by atoms with E-state index < -0.39 is 5.97 Å². The van der Waals surface area contributed by atoms with Crippen molar-refractivity contribution in [2.75, 3.05) is 0 Å². The van der Waals surface area contributed by atoms with Gasteiger partial charge in [-0.15, -0.1) is 0 Å². The highest BCUT2D eigenvalue weighted by Gasteiger charge is 2.33. The van der Waals surface area contributed by atoms with E-state index in [2.05, 4.69) is 15.1 Å². The number of halogens is 1. The molecule has 1 N–H and O–H groups in total. The van der Waals surface area contributed by atoms with Gasteiger partial charge in [0.15, 0.2) is 0 Å². The van der Waals surface area contributed by atoms with Gasteiger partial charge in [-0.1, -0.05) is 54.1 Å². The minimum Gasteiger partial charge on any atom is -0.481 e. The first-order valence-corrected chi connectivity index (χ1v) is 11.5. The predicted octanol–water partition coefficient (Wildman–Crippen LogP) is 5.49. The van der Waals surface area contributed by atoms with Gasteiger partial charge in [-0.2, -0.15) is 5.10 Å². The zero-order chi connectivity index (χ0) is 24.4. The number of carboxylic acids is 1. The Bertz CT molecular complexity index is 1440. The van der Waals surface area contributed by atoms with Gasteiger partial charge in [-0.3, -0.25) is 19.6 Å². The Morgan fingerprint density at radius 3 is 2.17 bits per heavy atom. The molecule has 3 aromatic carbocycles. The van der Waals surface area contributed by atoms with Crippen LogP contribution in [0.3, 0.4) is 0 Å². The topological polar surface area (TPSA) is 95.8 Å². The van der Waals surface area contributed by atoms with Crippen molar-refractivity contribution in [3.05, 3.63) is 95.3 Å². The quantitative estimate of drug-likeness (QED) is 0.390. The molecule has 0 saturated heterocycles. The van der Waals surface area contributed by atoms with Crippen LogP contribution in [-0.4, -0.2) is 37.7 Å². The van der Waals surface area contributed by atoms with Crippen LogP contribution in [0.2, 0.25) is 5.02 Å². The number of hydrogen-bond donors (Lipinski definition) is 1. The van der Waals surface area contributed by atoms with Crippen LogP contribution >= 0.6 is 11.6 Å². The number of amides is 1. The van der Waals surface area contributed by atoms with Crippen LogP contribution in [0.15, 0.2) is 84.2 Å². The summed E-state index contributed by atoms with van der Waals surface area (Å²) in [5.74, 6) is -1.35. The Balaban J connectivity index is 1.45. The molecule has 0 spiro atoms. The zero-order valence-corrected chi connectivity index (χ0v) is 19.4. The van der Waals surface area contributed by atoms with Crippen molar-refractivity contribution in [1.29, 1.82) is 0 Å². The van der Waals surface area contributed by atoms with E-state index in [9.17, 15) is 9.59 Å². The lowest BCUT2D eigenvalue weighted by atomic mass is 9.96. The average Bonchev–Trinajstić information content (AvgIpc) is 3.33. The van der Waals surface area contributed by atoms with Gasteiger partial charge in [0, 0.05) is 30.3 Å². The number of fused-ring (bicyclic) bond motifs is 1. The Hall–Kier alpha value is -4.10. The number of aromatic nitrogens is 2. The SMILES string of the molecule is O=C(O)CCC(=O)N1N=C(c2ccc(-c3ccc(Cl)cc3)cc2)CC1c1ccc2nccnc2c1. The largest absolute Gasteiger partial charge is 0.481 e. The normalized spacial score (nSPS) is 15.3. The van der Waals surface area contributed by atoms with E-state index in [4.69, 9.17) is 16.7 Å². The van der Waals surface area contributed by atoms with Gasteiger partial charge in [-0.05, 0) is 46.5 Å². The number of benzene rings is 3. The first-order valence-electron chi connectivity index (χ1n) is 11.2. The molecule has 5 rings (SSSR count). The summed E-state index contributed by atoms with van der Waals surface area (Å²) < 4.78 is 0. The fourth-order valence-corrected chi connectivity index (χ4v) is 4.31. The van der Waals surface area contributed by atoms with Crippen molar-refractivity contribution >= 4 is 40.2 Å². The Morgan fingerprint density at radius 2 is 1.49 bits per heavy atom. The molecule has 0 aliphatic carbocycles. The third-order valence-corrected chi connectivity index (χ3v) is 6.24. The molecule has 1 unspecified atom stereocenters. The van der Waals surface area contributed by atoms with Crippen molar-refractivity contribution in [2.24, 2.45) is 5.10 Å². The minimum absolute atomic E-state index is 0.120. The fraction of sp³-hybridized carbons (Fsp3) is 0.148. The molecular formula is C27H21ClN4O3. The van der Waals surface area contributed by atoms with Gasteiger partial charge < -0.3 is 5.11 Å². The van der Waals surface area contributed by atoms with Gasteiger partial charge in [0.05, 0.1) is 29.2 Å². The van der Waals surface area contributed by atoms with E-state index >= 15 is 0 Å². The second-order valence-electron chi connectivity index (χ2n) is 8.29. The third-order valence-electron chi connectivity index (χ3n) is 5.99. The first-order chi connectivity index (χ1) is 17.0. The molecule has 1 aliphatic rings. The molecule has 0 radical (unpaired) electrons. The summed E-state index contributed by atoms with van der Waals surface area (Å²) in [5, 5.41) is 15.8. The van der Waals surface area contributed by atoms with E-state index in [0.29, 0.717) is 11.4 Å². The van der Waals surface area contributed by atoms with E-state index in [1.807, 2.05) is 66.7 Å². The van der Waals surface area contributed by atoms with Crippen LogP contribution in [0, 0.1) is 0 Å². The van der Waals surface area contributed by atoms with Crippen molar-refractivity contribution in [1.82, 2.24) is 15.0 Å². The second-order valence-corrected chi connectivity index (χ2v) is 8.72. The number of carboxylic acid groups (broad SMARTS) is 1. The maximum Gasteiger partial charge on any atom is 0.303 e. The Kier molecular flexibility index (Phi) is 6.25. The van der Waals surface area contributed by atoms with Crippen molar-refractivity contribution in [3.63, 3.8) is 0 Å². The van der Waals surface area contributed by atoms with Gasteiger partial charge >= 0.3 is 5.97 Å². The first kappa shape index (κ1) is 22.7. The lowest BCUT2D eigenvalue weighted by Crippen LogP contribution is -2.27. The number of nitrogens with zero attached hydrogens (tertiary/aromatic N) is 4. The maximum atomic E-state index is 13.0. The van der Waals surface area contributed by atoms with Crippen LogP contribution in [0.25, 0.3) is 22.2 Å². The van der Waals surface area contributed by atoms with Crippen LogP contribution in [0.5, 0.6) is 0 Å². The molecule has 1 aliphatic heterocycles. The van der Waals surface area contributed by atoms with Crippen molar-refractivity contribution in [2.45, 2.75) is 25.3 Å². The van der Waals surface area contributed by atoms with E-state index in [1.54, 1.807) is 12.4 Å². The molecule has 0 bridgehead atoms. The summed E-state index contributed by atoms with van der Waals surface area (Å²) >= 11 is 6.00. The van der Waals surface area contributed by atoms with Gasteiger partial charge in [0.2, 0.25) is 5.91 Å². The van der Waals surface area contributed by atoms with E-state index in [1.165, 1.54) is 5.01 Å². The molecule has 1 aromatic heterocycles. The molecule has 35 heavy (non-hydrogen) atoms. The third kappa shape index (κ3) is 4.90. The van der Waals surface area contributed by atoms with Crippen molar-refractivity contribution in [3.8, 4) is 11.1 Å². The van der Waals surface area contributed by atoms with Crippen LogP contribution in [0.4, 0.5) is 0 Å². The Morgan fingerprint density at radius 1 is 0.857 bits per heavy atom. The van der Waals surface area contributed by atoms with Gasteiger partial charge in [0.1, 0.15) is 0 Å². The highest BCUT2D eigenvalue weighted by Crippen LogP contribution is 2.35. The van der Waals surface area contributed by atoms with Crippen molar-refractivity contribution < 1.29 is 14.7 Å². The molecule has 1 amide bonds. The van der Waals surface area contributed by atoms with Crippen LogP contribution in [-0.2, 0) is 9.59 Å². The molecule has 8 heteroatoms. The van der Waals surface area contributed by atoms with Crippen LogP contribution < -0.4 is 0 Å². The summed E-state index contributed by atoms with van der Waals surface area (Å²) in [6.07, 6.45) is 3.40. The number of hydrogen-bond acceptors (Lipinski definition) is 5. The number of hydrazone groups is 1. The summed E-state index contributed by atoms with van der Waals surface area (Å²) in [7, 11) is 0. The molecule has 7 nitrogen and oxygen atoms in total. The summed E-state index contributed by atoms with van der Waals surface area (Å²) in [5.41, 5.74) is 6.12. The highest BCUT2D eigenvalue weighted by molar-refractivity contribution is 6.30. The lowest BCUT2D eigenvalue weighted by Gasteiger charge is -2.22. The summed E-state index contributed by atoms with van der Waals surface area (Å²) in [4.78, 5) is 32.7. The molecule has 1 atom stereocenters. The predicted molar refractivity (Wildman–Crippen MR) is 134 cm³/mol.